The van der Waals surface area contributed by atoms with Gasteiger partial charge in [0.2, 0.25) is 0 Å². The van der Waals surface area contributed by atoms with Crippen LogP contribution in [0, 0.1) is 0 Å². The van der Waals surface area contributed by atoms with E-state index in [0.29, 0.717) is 10.9 Å². The number of aromatic amines is 1. The Labute approximate surface area is 133 Å². The van der Waals surface area contributed by atoms with Gasteiger partial charge >= 0.3 is 0 Å². The van der Waals surface area contributed by atoms with Crippen molar-refractivity contribution in [3.05, 3.63) is 36.0 Å². The first-order valence-electron chi connectivity index (χ1n) is 6.65. The van der Waals surface area contributed by atoms with Crippen LogP contribution in [0.4, 0.5) is 0 Å². The van der Waals surface area contributed by atoms with Gasteiger partial charge in [0.25, 0.3) is 0 Å². The van der Waals surface area contributed by atoms with Crippen molar-refractivity contribution in [1.29, 1.82) is 0 Å². The molecule has 5 atom stereocenters. The van der Waals surface area contributed by atoms with E-state index in [0.717, 1.165) is 0 Å². The molecule has 3 rings (SSSR count). The molecule has 1 aliphatic heterocycles. The number of hydrogen-bond donors (Lipinski definition) is 6. The Balaban J connectivity index is 2.20. The molecule has 8 heteroatoms. The molecule has 6 N–H and O–H groups in total. The topological polar surface area (TPSA) is 126 Å². The third kappa shape index (κ3) is 2.04. The predicted molar refractivity (Wildman–Crippen MR) is 80.0 cm³/mol. The molecule has 0 radical (unpaired) electrons. The maximum atomic E-state index is 11.0. The van der Waals surface area contributed by atoms with Crippen LogP contribution in [0.5, 0.6) is 0 Å². The molecule has 0 spiro atoms. The van der Waals surface area contributed by atoms with E-state index in [1.54, 1.807) is 24.3 Å². The minimum Gasteiger partial charge on any atom is -0.392 e. The van der Waals surface area contributed by atoms with Crippen LogP contribution in [0.2, 0.25) is 0 Å². The van der Waals surface area contributed by atoms with Crippen molar-refractivity contribution in [2.45, 2.75) is 28.6 Å². The minimum absolute atomic E-state index is 0.197. The summed E-state index contributed by atoms with van der Waals surface area (Å²) >= 11 is 2.99. The van der Waals surface area contributed by atoms with Crippen molar-refractivity contribution in [2.75, 3.05) is 6.61 Å². The van der Waals surface area contributed by atoms with Crippen molar-refractivity contribution in [3.8, 4) is 0 Å². The Bertz CT molecular complexity index is 693. The molecular weight excluding hydrogens is 358 g/mol. The van der Waals surface area contributed by atoms with Crippen molar-refractivity contribution >= 4 is 26.8 Å². The zero-order valence-corrected chi connectivity index (χ0v) is 12.9. The van der Waals surface area contributed by atoms with Gasteiger partial charge in [-0.2, -0.15) is 0 Å². The monoisotopic (exact) mass is 373 g/mol. The summed E-state index contributed by atoms with van der Waals surface area (Å²) in [4.78, 5) is 2.93. The van der Waals surface area contributed by atoms with Gasteiger partial charge < -0.3 is 35.3 Å². The highest BCUT2D eigenvalue weighted by molar-refractivity contribution is 9.10. The third-order valence-corrected chi connectivity index (χ3v) is 4.97. The van der Waals surface area contributed by atoms with Crippen LogP contribution in [0.1, 0.15) is 5.56 Å². The number of benzene rings is 1. The zero-order chi connectivity index (χ0) is 16.1. The second-order valence-corrected chi connectivity index (χ2v) is 6.72. The summed E-state index contributed by atoms with van der Waals surface area (Å²) in [5, 5.41) is 51.6. The molecule has 120 valence electrons. The Morgan fingerprint density at radius 2 is 1.91 bits per heavy atom. The molecule has 0 unspecified atom stereocenters. The number of alkyl halides is 1. The van der Waals surface area contributed by atoms with Crippen LogP contribution >= 0.6 is 15.9 Å². The van der Waals surface area contributed by atoms with Gasteiger partial charge in [-0.25, -0.2) is 0 Å². The van der Waals surface area contributed by atoms with Gasteiger partial charge in [-0.05, 0) is 22.0 Å². The molecule has 1 aromatic carbocycles. The third-order valence-electron chi connectivity index (χ3n) is 4.10. The molecule has 1 fully saturated rings. The minimum atomic E-state index is -2.25. The fourth-order valence-electron chi connectivity index (χ4n) is 2.87. The number of nitrogens with one attached hydrogen (secondary N) is 1. The number of ether oxygens (including phenoxy) is 1. The highest BCUT2D eigenvalue weighted by Crippen LogP contribution is 2.46. The van der Waals surface area contributed by atoms with Crippen molar-refractivity contribution in [3.63, 3.8) is 0 Å². The van der Waals surface area contributed by atoms with Crippen LogP contribution in [0.3, 0.4) is 0 Å². The average Bonchev–Trinajstić information content (AvgIpc) is 2.95. The normalized spacial score (nSPS) is 39.3. The molecular formula is C14H16BrNO6. The van der Waals surface area contributed by atoms with Gasteiger partial charge in [0, 0.05) is 22.7 Å². The number of aliphatic hydroxyl groups is 5. The van der Waals surface area contributed by atoms with E-state index < -0.39 is 35.2 Å². The number of aromatic nitrogens is 1. The molecule has 1 aliphatic rings. The van der Waals surface area contributed by atoms with Gasteiger partial charge in [-0.15, -0.1) is 0 Å². The molecule has 2 aromatic rings. The lowest BCUT2D eigenvalue weighted by molar-refractivity contribution is -0.334. The lowest BCUT2D eigenvalue weighted by Gasteiger charge is -2.50. The summed E-state index contributed by atoms with van der Waals surface area (Å²) in [6, 6.07) is 7.01. The van der Waals surface area contributed by atoms with Crippen LogP contribution in [0.15, 0.2) is 30.5 Å². The number of rotatable bonds is 2. The lowest BCUT2D eigenvalue weighted by Crippen LogP contribution is -2.68. The fraction of sp³-hybridized carbons (Fsp3) is 0.429. The van der Waals surface area contributed by atoms with Crippen LogP contribution in [-0.4, -0.2) is 60.1 Å². The first-order valence-corrected chi connectivity index (χ1v) is 7.44. The molecule has 0 amide bonds. The summed E-state index contributed by atoms with van der Waals surface area (Å²) < 4.78 is 3.20. The van der Waals surface area contributed by atoms with Gasteiger partial charge in [-0.3, -0.25) is 0 Å². The van der Waals surface area contributed by atoms with Gasteiger partial charge in [0.1, 0.15) is 12.2 Å². The zero-order valence-electron chi connectivity index (χ0n) is 11.3. The van der Waals surface area contributed by atoms with Gasteiger partial charge in [0.05, 0.1) is 6.61 Å². The second kappa shape index (κ2) is 5.27. The smallest absolute Gasteiger partial charge is 0.186 e. The lowest BCUT2D eigenvalue weighted by atomic mass is 9.78. The van der Waals surface area contributed by atoms with Crippen LogP contribution in [0.25, 0.3) is 10.9 Å². The van der Waals surface area contributed by atoms with E-state index in [-0.39, 0.29) is 5.56 Å². The summed E-state index contributed by atoms with van der Waals surface area (Å²) in [6.45, 7) is -0.720. The number of halogens is 1. The largest absolute Gasteiger partial charge is 0.392 e. The quantitative estimate of drug-likeness (QED) is 0.394. The van der Waals surface area contributed by atoms with Crippen LogP contribution in [-0.2, 0) is 10.3 Å². The fourth-order valence-corrected chi connectivity index (χ4v) is 3.41. The van der Waals surface area contributed by atoms with Gasteiger partial charge in [0.15, 0.2) is 16.4 Å². The number of para-hydroxylation sites is 1. The number of fused-ring (bicyclic) bond motifs is 1. The van der Waals surface area contributed by atoms with Gasteiger partial charge in [-0.1, -0.05) is 18.2 Å². The molecule has 1 aromatic heterocycles. The molecule has 22 heavy (non-hydrogen) atoms. The number of hydrogen-bond acceptors (Lipinski definition) is 6. The maximum Gasteiger partial charge on any atom is 0.186 e. The van der Waals surface area contributed by atoms with E-state index in [9.17, 15) is 25.5 Å². The number of aliphatic hydroxyl groups excluding tert-OH is 4. The molecule has 0 aliphatic carbocycles. The maximum absolute atomic E-state index is 11.0. The molecule has 0 saturated carbocycles. The Kier molecular flexibility index (Phi) is 3.81. The van der Waals surface area contributed by atoms with E-state index in [4.69, 9.17) is 4.74 Å². The molecule has 2 heterocycles. The summed E-state index contributed by atoms with van der Waals surface area (Å²) in [7, 11) is 0. The SMILES string of the molecule is OC[C@@]1(Br)O[C@@H](O)[C@H](O)[C@](O)(c2c[nH]c3ccccc23)[C@H]1O. The molecule has 7 nitrogen and oxygen atoms in total. The summed E-state index contributed by atoms with van der Waals surface area (Å²) in [5.74, 6) is 0. The standard InChI is InChI=1S/C14H16BrNO6/c15-13(6-17)12(20)14(21,10(18)11(19)22-13)8-5-16-9-4-2-1-3-7(8)9/h1-5,10-12,16-21H,6H2/t10-,11+,12-,13+,14+/m0/s1. The Hall–Kier alpha value is -1.00. The van der Waals surface area contributed by atoms with Crippen molar-refractivity contribution < 1.29 is 30.3 Å². The van der Waals surface area contributed by atoms with E-state index in [2.05, 4.69) is 20.9 Å². The molecule has 0 bridgehead atoms. The van der Waals surface area contributed by atoms with E-state index in [1.165, 1.54) is 6.20 Å². The highest BCUT2D eigenvalue weighted by atomic mass is 79.9. The first kappa shape index (κ1) is 15.9. The van der Waals surface area contributed by atoms with Crippen molar-refractivity contribution in [2.24, 2.45) is 0 Å². The van der Waals surface area contributed by atoms with Crippen molar-refractivity contribution in [1.82, 2.24) is 4.98 Å². The first-order chi connectivity index (χ1) is 10.3. The summed E-state index contributed by atoms with van der Waals surface area (Å²) in [6.07, 6.45) is -3.89. The average molecular weight is 374 g/mol. The predicted octanol–water partition coefficient (Wildman–Crippen LogP) is -0.491. The van der Waals surface area contributed by atoms with E-state index in [1.807, 2.05) is 0 Å². The highest BCUT2D eigenvalue weighted by Gasteiger charge is 2.62. The molecule has 1 saturated heterocycles. The number of H-pyrrole nitrogens is 1. The van der Waals surface area contributed by atoms with E-state index >= 15 is 0 Å². The Morgan fingerprint density at radius 1 is 1.23 bits per heavy atom. The second-order valence-electron chi connectivity index (χ2n) is 5.37. The van der Waals surface area contributed by atoms with Crippen LogP contribution < -0.4 is 0 Å². The summed E-state index contributed by atoms with van der Waals surface area (Å²) in [5.41, 5.74) is -1.36. The Morgan fingerprint density at radius 3 is 2.59 bits per heavy atom.